The van der Waals surface area contributed by atoms with E-state index in [2.05, 4.69) is 5.32 Å². The first kappa shape index (κ1) is 20.8. The molecule has 1 fully saturated rings. The van der Waals surface area contributed by atoms with Crippen LogP contribution >= 0.6 is 11.6 Å². The lowest BCUT2D eigenvalue weighted by molar-refractivity contribution is -0.384. The highest BCUT2D eigenvalue weighted by molar-refractivity contribution is 6.32. The second kappa shape index (κ2) is 10.0. The number of carbonyl (C=O) groups excluding carboxylic acids is 1. The molecule has 1 heterocycles. The zero-order chi connectivity index (χ0) is 20.6. The Morgan fingerprint density at radius 1 is 1.31 bits per heavy atom. The summed E-state index contributed by atoms with van der Waals surface area (Å²) in [6.07, 6.45) is 6.01. The van der Waals surface area contributed by atoms with Gasteiger partial charge in [0.25, 0.3) is 5.69 Å². The molecule has 152 valence electrons. The molecule has 0 aliphatic carbocycles. The molecule has 0 bridgehead atoms. The third-order valence-electron chi connectivity index (χ3n) is 4.44. The molecule has 1 saturated heterocycles. The molecule has 1 aliphatic rings. The highest BCUT2D eigenvalue weighted by Crippen LogP contribution is 2.27. The van der Waals surface area contributed by atoms with Crippen LogP contribution in [0.5, 0.6) is 5.75 Å². The van der Waals surface area contributed by atoms with E-state index in [9.17, 15) is 14.9 Å². The van der Waals surface area contributed by atoms with Crippen LogP contribution in [0.15, 0.2) is 48.5 Å². The number of nitro benzene ring substituents is 1. The van der Waals surface area contributed by atoms with E-state index in [1.165, 1.54) is 24.3 Å². The topological polar surface area (TPSA) is 90.7 Å². The van der Waals surface area contributed by atoms with Gasteiger partial charge >= 0.3 is 0 Å². The number of halogens is 1. The molecule has 29 heavy (non-hydrogen) atoms. The zero-order valence-corrected chi connectivity index (χ0v) is 16.4. The zero-order valence-electron chi connectivity index (χ0n) is 15.7. The fraction of sp³-hybridized carbons (Fsp3) is 0.286. The van der Waals surface area contributed by atoms with E-state index in [1.54, 1.807) is 24.3 Å². The monoisotopic (exact) mass is 416 g/mol. The van der Waals surface area contributed by atoms with Crippen LogP contribution in [0.1, 0.15) is 24.8 Å². The predicted molar refractivity (Wildman–Crippen MR) is 111 cm³/mol. The number of nitro groups is 1. The van der Waals surface area contributed by atoms with Crippen LogP contribution in [0.2, 0.25) is 5.02 Å². The minimum Gasteiger partial charge on any atom is -0.489 e. The molecular weight excluding hydrogens is 396 g/mol. The first-order chi connectivity index (χ1) is 14.0. The fourth-order valence-corrected chi connectivity index (χ4v) is 3.12. The summed E-state index contributed by atoms with van der Waals surface area (Å²) >= 11 is 5.80. The highest BCUT2D eigenvalue weighted by atomic mass is 35.5. The van der Waals surface area contributed by atoms with Crippen LogP contribution in [0, 0.1) is 10.1 Å². The van der Waals surface area contributed by atoms with E-state index >= 15 is 0 Å². The van der Waals surface area contributed by atoms with Gasteiger partial charge in [-0.05, 0) is 49.1 Å². The van der Waals surface area contributed by atoms with Gasteiger partial charge in [-0.2, -0.15) is 0 Å². The number of hydrogen-bond donors (Lipinski definition) is 1. The molecule has 1 unspecified atom stereocenters. The van der Waals surface area contributed by atoms with Gasteiger partial charge in [-0.25, -0.2) is 0 Å². The average molecular weight is 417 g/mol. The van der Waals surface area contributed by atoms with Crippen molar-refractivity contribution in [2.45, 2.75) is 25.4 Å². The molecule has 0 radical (unpaired) electrons. The first-order valence-electron chi connectivity index (χ1n) is 9.29. The lowest BCUT2D eigenvalue weighted by Gasteiger charge is -2.23. The molecule has 7 nitrogen and oxygen atoms in total. The van der Waals surface area contributed by atoms with Crippen molar-refractivity contribution < 1.29 is 19.2 Å². The van der Waals surface area contributed by atoms with Gasteiger partial charge in [0, 0.05) is 18.7 Å². The van der Waals surface area contributed by atoms with E-state index in [0.717, 1.165) is 25.9 Å². The molecule has 1 aliphatic heterocycles. The van der Waals surface area contributed by atoms with Gasteiger partial charge in [-0.15, -0.1) is 0 Å². The maximum absolute atomic E-state index is 12.3. The second-order valence-corrected chi connectivity index (χ2v) is 6.99. The molecule has 1 atom stereocenters. The minimum absolute atomic E-state index is 0.0459. The number of nitrogens with zero attached hydrogens (tertiary/aromatic N) is 1. The van der Waals surface area contributed by atoms with Crippen molar-refractivity contribution in [3.05, 3.63) is 69.2 Å². The molecule has 0 saturated carbocycles. The van der Waals surface area contributed by atoms with Gasteiger partial charge in [0.2, 0.25) is 5.91 Å². The maximum Gasteiger partial charge on any atom is 0.288 e. The van der Waals surface area contributed by atoms with Crippen LogP contribution in [-0.2, 0) is 9.53 Å². The maximum atomic E-state index is 12.3. The Labute approximate surface area is 173 Å². The van der Waals surface area contributed by atoms with Gasteiger partial charge in [0.15, 0.2) is 0 Å². The van der Waals surface area contributed by atoms with E-state index in [4.69, 9.17) is 21.1 Å². The Balaban J connectivity index is 1.62. The first-order valence-corrected chi connectivity index (χ1v) is 9.67. The lowest BCUT2D eigenvalue weighted by atomic mass is 10.1. The van der Waals surface area contributed by atoms with E-state index in [0.29, 0.717) is 23.6 Å². The lowest BCUT2D eigenvalue weighted by Crippen LogP contribution is -2.26. The highest BCUT2D eigenvalue weighted by Gasteiger charge is 2.16. The van der Waals surface area contributed by atoms with Crippen LogP contribution in [0.25, 0.3) is 6.08 Å². The summed E-state index contributed by atoms with van der Waals surface area (Å²) in [4.78, 5) is 22.7. The van der Waals surface area contributed by atoms with Crippen LogP contribution < -0.4 is 10.1 Å². The molecule has 0 aromatic heterocycles. The van der Waals surface area contributed by atoms with Crippen LogP contribution in [0.3, 0.4) is 0 Å². The van der Waals surface area contributed by atoms with Crippen molar-refractivity contribution in [3.63, 3.8) is 0 Å². The van der Waals surface area contributed by atoms with Gasteiger partial charge in [-0.1, -0.05) is 29.8 Å². The van der Waals surface area contributed by atoms with Crippen molar-refractivity contribution in [1.82, 2.24) is 0 Å². The minimum atomic E-state index is -0.566. The molecule has 1 N–H and O–H groups in total. The third kappa shape index (κ3) is 6.04. The quantitative estimate of drug-likeness (QED) is 0.396. The number of carbonyl (C=O) groups is 1. The number of benzene rings is 2. The van der Waals surface area contributed by atoms with E-state index in [1.807, 2.05) is 6.07 Å². The third-order valence-corrected chi connectivity index (χ3v) is 4.76. The molecule has 3 rings (SSSR count). The summed E-state index contributed by atoms with van der Waals surface area (Å²) in [7, 11) is 0. The number of hydrogen-bond acceptors (Lipinski definition) is 5. The smallest absolute Gasteiger partial charge is 0.288 e. The number of rotatable bonds is 7. The number of anilines is 1. The SMILES string of the molecule is O=C(/C=C/c1ccc(Cl)c([N+](=O)[O-])c1)Nc1ccccc1OCC1CCCCO1. The summed E-state index contributed by atoms with van der Waals surface area (Å²) in [6, 6.07) is 11.5. The molecule has 2 aromatic carbocycles. The summed E-state index contributed by atoms with van der Waals surface area (Å²) < 4.78 is 11.5. The predicted octanol–water partition coefficient (Wildman–Crippen LogP) is 4.85. The van der Waals surface area contributed by atoms with Gasteiger partial charge < -0.3 is 14.8 Å². The number of amides is 1. The molecular formula is C21H21ClN2O5. The Hall–Kier alpha value is -2.90. The molecule has 0 spiro atoms. The molecule has 1 amide bonds. The molecule has 8 heteroatoms. The van der Waals surface area contributed by atoms with E-state index in [-0.39, 0.29) is 22.7 Å². The standard InChI is InChI=1S/C21H21ClN2O5/c22-17-10-8-15(13-19(17)24(26)27)9-11-21(25)23-18-6-1-2-7-20(18)29-14-16-5-3-4-12-28-16/h1-2,6-11,13,16H,3-5,12,14H2,(H,23,25)/b11-9+. The summed E-state index contributed by atoms with van der Waals surface area (Å²) in [5.41, 5.74) is 0.827. The van der Waals surface area contributed by atoms with Crippen LogP contribution in [0.4, 0.5) is 11.4 Å². The summed E-state index contributed by atoms with van der Waals surface area (Å²) in [5, 5.41) is 13.8. The Bertz CT molecular complexity index is 910. The van der Waals surface area contributed by atoms with Crippen molar-refractivity contribution in [1.29, 1.82) is 0 Å². The van der Waals surface area contributed by atoms with Gasteiger partial charge in [0.1, 0.15) is 17.4 Å². The van der Waals surface area contributed by atoms with Crippen molar-refractivity contribution in [3.8, 4) is 5.75 Å². The Morgan fingerprint density at radius 2 is 2.14 bits per heavy atom. The average Bonchev–Trinajstić information content (AvgIpc) is 2.73. The van der Waals surface area contributed by atoms with E-state index < -0.39 is 4.92 Å². The Morgan fingerprint density at radius 3 is 2.90 bits per heavy atom. The Kier molecular flexibility index (Phi) is 7.21. The van der Waals surface area contributed by atoms with Gasteiger partial charge in [-0.3, -0.25) is 14.9 Å². The number of para-hydroxylation sites is 2. The van der Waals surface area contributed by atoms with Crippen molar-refractivity contribution in [2.75, 3.05) is 18.5 Å². The fourth-order valence-electron chi connectivity index (χ4n) is 2.94. The summed E-state index contributed by atoms with van der Waals surface area (Å²) in [6.45, 7) is 1.18. The van der Waals surface area contributed by atoms with Crippen LogP contribution in [-0.4, -0.2) is 30.1 Å². The second-order valence-electron chi connectivity index (χ2n) is 6.59. The number of ether oxygens (including phenoxy) is 2. The normalized spacial score (nSPS) is 16.5. The largest absolute Gasteiger partial charge is 0.489 e. The van der Waals surface area contributed by atoms with Crippen molar-refractivity contribution in [2.24, 2.45) is 0 Å². The van der Waals surface area contributed by atoms with Crippen molar-refractivity contribution >= 4 is 35.0 Å². The number of nitrogens with one attached hydrogen (secondary N) is 1. The molecule has 2 aromatic rings. The van der Waals surface area contributed by atoms with Gasteiger partial charge in [0.05, 0.1) is 16.7 Å². The summed E-state index contributed by atoms with van der Waals surface area (Å²) in [5.74, 6) is 0.179.